The normalized spacial score (nSPS) is 10.8. The van der Waals surface area contributed by atoms with Gasteiger partial charge in [-0.15, -0.1) is 0 Å². The summed E-state index contributed by atoms with van der Waals surface area (Å²) in [6, 6.07) is 10.9. The van der Waals surface area contributed by atoms with E-state index in [0.29, 0.717) is 11.7 Å². The van der Waals surface area contributed by atoms with Gasteiger partial charge in [0.2, 0.25) is 11.7 Å². The molecule has 1 heterocycles. The Hall–Kier alpha value is -2.94. The topological polar surface area (TPSA) is 90.1 Å². The quantitative estimate of drug-likeness (QED) is 0.402. The van der Waals surface area contributed by atoms with Gasteiger partial charge in [0.25, 0.3) is 0 Å². The van der Waals surface area contributed by atoms with Crippen molar-refractivity contribution in [3.63, 3.8) is 0 Å². The minimum atomic E-state index is -0.945. The molecule has 0 saturated carbocycles. The molecule has 0 aliphatic carbocycles. The van der Waals surface area contributed by atoms with Crippen molar-refractivity contribution >= 4 is 40.1 Å². The monoisotopic (exact) mass is 374 g/mol. The summed E-state index contributed by atoms with van der Waals surface area (Å²) in [5, 5.41) is 14.0. The van der Waals surface area contributed by atoms with Crippen molar-refractivity contribution in [1.82, 2.24) is 9.55 Å². The Labute approximate surface area is 152 Å². The number of aromatic nitrogens is 2. The number of carbonyl (C=O) groups excluding carboxylic acids is 1. The molecule has 0 spiro atoms. The molecule has 1 N–H and O–H groups in total. The molecule has 0 unspecified atom stereocenters. The number of halogens is 1. The number of nitrogens with one attached hydrogen (secondary N) is 1. The highest BCUT2D eigenvalue weighted by atomic mass is 32.2. The molecule has 134 valence electrons. The van der Waals surface area contributed by atoms with Crippen LogP contribution >= 0.6 is 11.8 Å². The number of benzene rings is 2. The lowest BCUT2D eigenvalue weighted by Crippen LogP contribution is -2.14. The van der Waals surface area contributed by atoms with E-state index in [1.807, 2.05) is 35.8 Å². The predicted octanol–water partition coefficient (Wildman–Crippen LogP) is 3.83. The second-order valence-electron chi connectivity index (χ2n) is 5.39. The molecule has 0 radical (unpaired) electrons. The van der Waals surface area contributed by atoms with E-state index >= 15 is 0 Å². The summed E-state index contributed by atoms with van der Waals surface area (Å²) in [6.07, 6.45) is 0. The number of carbonyl (C=O) groups is 1. The Morgan fingerprint density at radius 2 is 2.12 bits per heavy atom. The van der Waals surface area contributed by atoms with E-state index in [-0.39, 0.29) is 17.3 Å². The molecule has 0 saturated heterocycles. The van der Waals surface area contributed by atoms with Crippen LogP contribution in [0.25, 0.3) is 11.0 Å². The number of nitrogens with zero attached hydrogens (tertiary/aromatic N) is 3. The Kier molecular flexibility index (Phi) is 5.17. The Balaban J connectivity index is 1.70. The van der Waals surface area contributed by atoms with E-state index in [1.54, 1.807) is 0 Å². The van der Waals surface area contributed by atoms with E-state index in [4.69, 9.17) is 0 Å². The van der Waals surface area contributed by atoms with Gasteiger partial charge in [-0.1, -0.05) is 23.9 Å². The van der Waals surface area contributed by atoms with E-state index in [1.165, 1.54) is 17.8 Å². The maximum absolute atomic E-state index is 13.3. The molecule has 7 nitrogen and oxygen atoms in total. The second kappa shape index (κ2) is 7.52. The van der Waals surface area contributed by atoms with Gasteiger partial charge in [-0.3, -0.25) is 14.9 Å². The van der Waals surface area contributed by atoms with Crippen LogP contribution in [0.15, 0.2) is 47.6 Å². The molecule has 0 aliphatic rings. The highest BCUT2D eigenvalue weighted by Crippen LogP contribution is 2.25. The van der Waals surface area contributed by atoms with E-state index in [0.717, 1.165) is 23.2 Å². The average Bonchev–Trinajstić information content (AvgIpc) is 2.99. The zero-order chi connectivity index (χ0) is 18.7. The molecule has 0 atom stereocenters. The molecule has 2 aromatic carbocycles. The fraction of sp³-hybridized carbons (Fsp3) is 0.176. The van der Waals surface area contributed by atoms with Crippen molar-refractivity contribution in [2.24, 2.45) is 0 Å². The molecule has 3 rings (SSSR count). The first kappa shape index (κ1) is 17.9. The van der Waals surface area contributed by atoms with Gasteiger partial charge in [0, 0.05) is 18.3 Å². The third-order valence-electron chi connectivity index (χ3n) is 3.69. The number of rotatable bonds is 6. The van der Waals surface area contributed by atoms with Gasteiger partial charge in [-0.25, -0.2) is 4.98 Å². The minimum absolute atomic E-state index is 0.0779. The molecular formula is C17H15FN4O3S. The van der Waals surface area contributed by atoms with Crippen LogP contribution in [0.5, 0.6) is 0 Å². The van der Waals surface area contributed by atoms with Crippen molar-refractivity contribution in [3.05, 3.63) is 58.4 Å². The molecule has 0 bridgehead atoms. The number of aryl methyl sites for hydroxylation is 1. The first-order valence-electron chi connectivity index (χ1n) is 7.81. The van der Waals surface area contributed by atoms with E-state index in [2.05, 4.69) is 10.3 Å². The fourth-order valence-electron chi connectivity index (χ4n) is 2.53. The number of nitro groups is 1. The molecule has 26 heavy (non-hydrogen) atoms. The highest BCUT2D eigenvalue weighted by molar-refractivity contribution is 7.99. The number of anilines is 1. The van der Waals surface area contributed by atoms with Gasteiger partial charge < -0.3 is 9.88 Å². The van der Waals surface area contributed by atoms with Crippen molar-refractivity contribution in [2.45, 2.75) is 18.6 Å². The van der Waals surface area contributed by atoms with Crippen LogP contribution in [0.2, 0.25) is 0 Å². The number of thioether (sulfide) groups is 1. The first-order chi connectivity index (χ1) is 12.5. The molecule has 0 aliphatic heterocycles. The van der Waals surface area contributed by atoms with E-state index in [9.17, 15) is 19.3 Å². The highest BCUT2D eigenvalue weighted by Gasteiger charge is 2.16. The Morgan fingerprint density at radius 1 is 1.35 bits per heavy atom. The maximum Gasteiger partial charge on any atom is 0.306 e. The number of amides is 1. The first-order valence-corrected chi connectivity index (χ1v) is 8.80. The van der Waals surface area contributed by atoms with Crippen LogP contribution in [-0.4, -0.2) is 26.1 Å². The van der Waals surface area contributed by atoms with Crippen molar-refractivity contribution in [1.29, 1.82) is 0 Å². The van der Waals surface area contributed by atoms with Crippen LogP contribution in [0.4, 0.5) is 15.8 Å². The average molecular weight is 374 g/mol. The third-order valence-corrected chi connectivity index (χ3v) is 4.67. The van der Waals surface area contributed by atoms with Gasteiger partial charge in [-0.2, -0.15) is 4.39 Å². The lowest BCUT2D eigenvalue weighted by atomic mass is 10.2. The predicted molar refractivity (Wildman–Crippen MR) is 97.8 cm³/mol. The zero-order valence-corrected chi connectivity index (χ0v) is 14.6. The molecule has 1 amide bonds. The summed E-state index contributed by atoms with van der Waals surface area (Å²) in [6.45, 7) is 2.71. The lowest BCUT2D eigenvalue weighted by molar-refractivity contribution is -0.387. The van der Waals surface area contributed by atoms with Gasteiger partial charge >= 0.3 is 5.69 Å². The lowest BCUT2D eigenvalue weighted by Gasteiger charge is -2.07. The molecular weight excluding hydrogens is 359 g/mol. The van der Waals surface area contributed by atoms with Crippen LogP contribution < -0.4 is 5.32 Å². The maximum atomic E-state index is 13.3. The summed E-state index contributed by atoms with van der Waals surface area (Å²) >= 11 is 1.27. The molecule has 9 heteroatoms. The summed E-state index contributed by atoms with van der Waals surface area (Å²) < 4.78 is 15.4. The molecule has 1 aromatic heterocycles. The number of imidazole rings is 1. The Morgan fingerprint density at radius 3 is 2.85 bits per heavy atom. The second-order valence-corrected chi connectivity index (χ2v) is 6.33. The van der Waals surface area contributed by atoms with Crippen LogP contribution in [0.3, 0.4) is 0 Å². The largest absolute Gasteiger partial charge is 0.325 e. The van der Waals surface area contributed by atoms with Gasteiger partial charge in [0.15, 0.2) is 5.16 Å². The van der Waals surface area contributed by atoms with Crippen molar-refractivity contribution < 1.29 is 14.1 Å². The zero-order valence-electron chi connectivity index (χ0n) is 13.8. The van der Waals surface area contributed by atoms with Crippen LogP contribution in [-0.2, 0) is 11.3 Å². The minimum Gasteiger partial charge on any atom is -0.325 e. The molecule has 3 aromatic rings. The SMILES string of the molecule is CCn1c(SCC(=O)Nc2ccc(F)c([N+](=O)[O-])c2)nc2ccccc21. The summed E-state index contributed by atoms with van der Waals surface area (Å²) in [5.74, 6) is -1.22. The standard InChI is InChI=1S/C17H15FN4O3S/c1-2-21-14-6-4-3-5-13(14)20-17(21)26-10-16(23)19-11-7-8-12(18)15(9-11)22(24)25/h3-9H,2,10H2,1H3,(H,19,23). The fourth-order valence-corrected chi connectivity index (χ4v) is 3.41. The summed E-state index contributed by atoms with van der Waals surface area (Å²) in [5.41, 5.74) is 1.34. The van der Waals surface area contributed by atoms with Crippen molar-refractivity contribution in [2.75, 3.05) is 11.1 Å². The summed E-state index contributed by atoms with van der Waals surface area (Å²) in [7, 11) is 0. The number of hydrogen-bond acceptors (Lipinski definition) is 5. The number of fused-ring (bicyclic) bond motifs is 1. The van der Waals surface area contributed by atoms with Crippen LogP contribution in [0.1, 0.15) is 6.92 Å². The van der Waals surface area contributed by atoms with Crippen molar-refractivity contribution in [3.8, 4) is 0 Å². The van der Waals surface area contributed by atoms with Gasteiger partial charge in [0.05, 0.1) is 21.7 Å². The third kappa shape index (κ3) is 3.67. The summed E-state index contributed by atoms with van der Waals surface area (Å²) in [4.78, 5) is 26.6. The van der Waals surface area contributed by atoms with E-state index < -0.39 is 16.4 Å². The van der Waals surface area contributed by atoms with Crippen LogP contribution in [0, 0.1) is 15.9 Å². The number of para-hydroxylation sites is 2. The Bertz CT molecular complexity index is 989. The number of nitro benzene ring substituents is 1. The van der Waals surface area contributed by atoms with Gasteiger partial charge in [-0.05, 0) is 31.2 Å². The van der Waals surface area contributed by atoms with Gasteiger partial charge in [0.1, 0.15) is 0 Å². The smallest absolute Gasteiger partial charge is 0.306 e. The number of hydrogen-bond donors (Lipinski definition) is 1. The molecule has 0 fully saturated rings.